The van der Waals surface area contributed by atoms with E-state index in [-0.39, 0.29) is 5.78 Å². The fourth-order valence-corrected chi connectivity index (χ4v) is 3.47. The van der Waals surface area contributed by atoms with E-state index in [0.29, 0.717) is 11.1 Å². The molecule has 2 heterocycles. The van der Waals surface area contributed by atoms with Crippen molar-refractivity contribution in [1.82, 2.24) is 4.98 Å². The van der Waals surface area contributed by atoms with E-state index in [1.54, 1.807) is 6.20 Å². The number of ketones is 1. The molecular formula is C23H15Br2ClN2O5. The lowest BCUT2D eigenvalue weighted by molar-refractivity contribution is -2.00. The lowest BCUT2D eigenvalue weighted by Gasteiger charge is -2.17. The second-order valence-corrected chi connectivity index (χ2v) is 9.17. The van der Waals surface area contributed by atoms with Gasteiger partial charge >= 0.3 is 5.82 Å². The first kappa shape index (κ1) is 25.1. The molecule has 0 aliphatic heterocycles. The Morgan fingerprint density at radius 2 is 1.30 bits per heavy atom. The Labute approximate surface area is 208 Å². The third-order valence-corrected chi connectivity index (χ3v) is 5.41. The normalized spacial score (nSPS) is 10.8. The number of halogens is 3. The fraction of sp³-hybridized carbons (Fsp3) is 0. The molecule has 4 rings (SSSR count). The maximum Gasteiger partial charge on any atom is 0.327 e. The number of hydrogen-bond donors (Lipinski definition) is 0. The van der Waals surface area contributed by atoms with Gasteiger partial charge in [0, 0.05) is 26.1 Å². The first-order chi connectivity index (χ1) is 15.6. The van der Waals surface area contributed by atoms with E-state index in [2.05, 4.69) is 36.8 Å². The maximum absolute atomic E-state index is 13.0. The van der Waals surface area contributed by atoms with E-state index in [1.165, 1.54) is 0 Å². The molecule has 0 spiro atoms. The van der Waals surface area contributed by atoms with Gasteiger partial charge in [-0.05, 0) is 71.7 Å². The van der Waals surface area contributed by atoms with Crippen LogP contribution in [0.5, 0.6) is 0 Å². The number of aromatic nitrogens is 2. The quantitative estimate of drug-likeness (QED) is 0.257. The molecule has 0 aliphatic rings. The highest BCUT2D eigenvalue weighted by atomic mass is 79.9. The number of carbonyl (C=O) groups excluding carboxylic acids is 1. The second-order valence-electron chi connectivity index (χ2n) is 6.58. The average Bonchev–Trinajstić information content (AvgIpc) is 2.79. The molecule has 2 aromatic heterocycles. The highest BCUT2D eigenvalue weighted by Gasteiger charge is 2.19. The summed E-state index contributed by atoms with van der Waals surface area (Å²) in [6.45, 7) is 0. The van der Waals surface area contributed by atoms with Crippen LogP contribution in [-0.2, 0) is 0 Å². The molecule has 10 heteroatoms. The van der Waals surface area contributed by atoms with Crippen LogP contribution in [0.1, 0.15) is 15.9 Å². The number of rotatable bonds is 4. The fourth-order valence-electron chi connectivity index (χ4n) is 2.94. The number of nitrogens with zero attached hydrogens (tertiary/aromatic N) is 2. The van der Waals surface area contributed by atoms with Crippen LogP contribution >= 0.6 is 31.9 Å². The van der Waals surface area contributed by atoms with Crippen LogP contribution in [0.15, 0.2) is 100 Å². The summed E-state index contributed by atoms with van der Waals surface area (Å²) >= 11 is 6.88. The van der Waals surface area contributed by atoms with Crippen molar-refractivity contribution in [3.63, 3.8) is 0 Å². The van der Waals surface area contributed by atoms with Crippen LogP contribution in [0.25, 0.3) is 17.1 Å². The Morgan fingerprint density at radius 3 is 1.85 bits per heavy atom. The van der Waals surface area contributed by atoms with Crippen molar-refractivity contribution >= 4 is 37.6 Å². The standard InChI is InChI=1S/C23H15Br2N2O.ClHO4/c24-19-9-4-16(5-10-19)21-13-8-18(15-27(21)22-3-1-2-14-26-22)23(28)17-6-11-20(25)12-7-17;2-1(3,4)5/h1-15H;(H,2,3,4,5)/q+1;/p-1. The molecule has 0 atom stereocenters. The van der Waals surface area contributed by atoms with Crippen molar-refractivity contribution in [1.29, 1.82) is 0 Å². The zero-order chi connectivity index (χ0) is 24.0. The minimum atomic E-state index is -4.94. The molecule has 0 saturated heterocycles. The van der Waals surface area contributed by atoms with E-state index in [4.69, 9.17) is 18.6 Å². The number of hydrogen-bond acceptors (Lipinski definition) is 6. The molecule has 0 aliphatic carbocycles. The molecule has 0 radical (unpaired) electrons. The van der Waals surface area contributed by atoms with Crippen molar-refractivity contribution in [3.8, 4) is 17.1 Å². The van der Waals surface area contributed by atoms with Crippen molar-refractivity contribution in [3.05, 3.63) is 111 Å². The first-order valence-corrected chi connectivity index (χ1v) is 12.1. The predicted octanol–water partition coefficient (Wildman–Crippen LogP) is 1.03. The summed E-state index contributed by atoms with van der Waals surface area (Å²) in [5, 5.41) is 0. The molecule has 168 valence electrons. The lowest BCUT2D eigenvalue weighted by Crippen LogP contribution is -2.68. The van der Waals surface area contributed by atoms with Gasteiger partial charge < -0.3 is 0 Å². The topological polar surface area (TPSA) is 126 Å². The third-order valence-electron chi connectivity index (χ3n) is 4.35. The average molecular weight is 595 g/mol. The van der Waals surface area contributed by atoms with E-state index in [1.807, 2.05) is 89.6 Å². The van der Waals surface area contributed by atoms with Gasteiger partial charge in [0.2, 0.25) is 0 Å². The van der Waals surface area contributed by atoms with Gasteiger partial charge in [-0.15, -0.1) is 10.2 Å². The summed E-state index contributed by atoms with van der Waals surface area (Å²) in [6.07, 6.45) is 3.60. The number of benzene rings is 2. The van der Waals surface area contributed by atoms with Gasteiger partial charge in [0.05, 0.1) is 5.56 Å². The molecular weight excluding hydrogens is 580 g/mol. The molecule has 0 amide bonds. The van der Waals surface area contributed by atoms with Crippen LogP contribution in [-0.4, -0.2) is 10.8 Å². The largest absolute Gasteiger partial charge is 0.327 e. The molecule has 2 aromatic carbocycles. The molecule has 0 unspecified atom stereocenters. The second kappa shape index (κ2) is 11.1. The Morgan fingerprint density at radius 1 is 0.758 bits per heavy atom. The monoisotopic (exact) mass is 592 g/mol. The van der Waals surface area contributed by atoms with Crippen molar-refractivity contribution in [2.75, 3.05) is 0 Å². The minimum absolute atomic E-state index is 0.0282. The van der Waals surface area contributed by atoms with Crippen LogP contribution < -0.4 is 23.2 Å². The van der Waals surface area contributed by atoms with Crippen LogP contribution in [0, 0.1) is 10.2 Å². The summed E-state index contributed by atoms with van der Waals surface area (Å²) in [4.78, 5) is 17.5. The van der Waals surface area contributed by atoms with Gasteiger partial charge in [-0.25, -0.2) is 18.6 Å². The van der Waals surface area contributed by atoms with Crippen LogP contribution in [0.3, 0.4) is 0 Å². The maximum atomic E-state index is 13.0. The zero-order valence-electron chi connectivity index (χ0n) is 16.7. The van der Waals surface area contributed by atoms with E-state index < -0.39 is 10.2 Å². The predicted molar refractivity (Wildman–Crippen MR) is 116 cm³/mol. The summed E-state index contributed by atoms with van der Waals surface area (Å²) in [5.41, 5.74) is 3.25. The highest BCUT2D eigenvalue weighted by Crippen LogP contribution is 2.21. The summed E-state index contributed by atoms with van der Waals surface area (Å²) in [7, 11) is -4.94. The Hall–Kier alpha value is -2.50. The Kier molecular flexibility index (Phi) is 8.44. The Bertz CT molecular complexity index is 1230. The van der Waals surface area contributed by atoms with E-state index in [9.17, 15) is 4.79 Å². The highest BCUT2D eigenvalue weighted by molar-refractivity contribution is 9.10. The summed E-state index contributed by atoms with van der Waals surface area (Å²) in [5.74, 6) is 0.727. The summed E-state index contributed by atoms with van der Waals surface area (Å²) < 4.78 is 37.9. The molecule has 0 bridgehead atoms. The van der Waals surface area contributed by atoms with E-state index >= 15 is 0 Å². The van der Waals surface area contributed by atoms with Crippen molar-refractivity contribution in [2.45, 2.75) is 0 Å². The number of carbonyl (C=O) groups is 1. The molecule has 7 nitrogen and oxygen atoms in total. The molecule has 0 saturated carbocycles. The van der Waals surface area contributed by atoms with Gasteiger partial charge in [0.15, 0.2) is 5.78 Å². The number of pyridine rings is 2. The van der Waals surface area contributed by atoms with Gasteiger partial charge in [-0.1, -0.05) is 37.9 Å². The van der Waals surface area contributed by atoms with Gasteiger partial charge in [-0.2, -0.15) is 4.57 Å². The molecule has 0 fully saturated rings. The van der Waals surface area contributed by atoms with Crippen LogP contribution in [0.2, 0.25) is 0 Å². The van der Waals surface area contributed by atoms with Gasteiger partial charge in [0.25, 0.3) is 0 Å². The lowest BCUT2D eigenvalue weighted by atomic mass is 10.0. The summed E-state index contributed by atoms with van der Waals surface area (Å²) in [6, 6.07) is 25.0. The molecule has 4 aromatic rings. The molecule has 33 heavy (non-hydrogen) atoms. The Balaban J connectivity index is 0.000000555. The first-order valence-electron chi connectivity index (χ1n) is 9.27. The molecule has 0 N–H and O–H groups in total. The zero-order valence-corrected chi connectivity index (χ0v) is 20.7. The smallest absolute Gasteiger partial charge is 0.288 e. The van der Waals surface area contributed by atoms with Crippen molar-refractivity contribution in [2.24, 2.45) is 0 Å². The minimum Gasteiger partial charge on any atom is -0.288 e. The van der Waals surface area contributed by atoms with E-state index in [0.717, 1.165) is 26.0 Å². The van der Waals surface area contributed by atoms with Crippen LogP contribution in [0.4, 0.5) is 0 Å². The van der Waals surface area contributed by atoms with Crippen molar-refractivity contribution < 1.29 is 38.2 Å². The van der Waals surface area contributed by atoms with Gasteiger partial charge in [0.1, 0.15) is 18.1 Å². The van der Waals surface area contributed by atoms with Gasteiger partial charge in [-0.3, -0.25) is 4.79 Å². The third kappa shape index (κ3) is 7.51. The SMILES string of the molecule is O=C(c1ccc(Br)cc1)c1ccc(-c2ccc(Br)cc2)[n+](-c2ccccn2)c1.[O-][Cl+3]([O-])([O-])[O-].